The predicted octanol–water partition coefficient (Wildman–Crippen LogP) is 3.27. The molecule has 1 fully saturated rings. The van der Waals surface area contributed by atoms with Gasteiger partial charge in [-0.25, -0.2) is 0 Å². The van der Waals surface area contributed by atoms with Gasteiger partial charge in [0.1, 0.15) is 6.10 Å². The molecule has 1 aliphatic heterocycles. The van der Waals surface area contributed by atoms with Gasteiger partial charge in [-0.05, 0) is 36.0 Å². The van der Waals surface area contributed by atoms with Crippen LogP contribution in [-0.2, 0) is 18.9 Å². The number of hydrogen-bond donors (Lipinski definition) is 2. The molecule has 0 radical (unpaired) electrons. The van der Waals surface area contributed by atoms with Gasteiger partial charge in [-0.3, -0.25) is 14.4 Å². The molecule has 7 nitrogen and oxygen atoms in total. The second-order valence-electron chi connectivity index (χ2n) is 8.80. The van der Waals surface area contributed by atoms with Crippen LogP contribution in [0.3, 0.4) is 0 Å². The Balaban J connectivity index is 1.99. The van der Waals surface area contributed by atoms with E-state index in [9.17, 15) is 14.4 Å². The number of hydrogen-bond acceptors (Lipinski definition) is 5. The molecule has 0 saturated carbocycles. The van der Waals surface area contributed by atoms with Crippen LogP contribution in [0.4, 0.5) is 0 Å². The van der Waals surface area contributed by atoms with Crippen molar-refractivity contribution in [3.8, 4) is 0 Å². The summed E-state index contributed by atoms with van der Waals surface area (Å²) in [6.07, 6.45) is -0.173. The minimum atomic E-state index is -0.883. The second kappa shape index (κ2) is 10.0. The van der Waals surface area contributed by atoms with E-state index in [2.05, 4.69) is 10.6 Å². The van der Waals surface area contributed by atoms with Gasteiger partial charge in [-0.1, -0.05) is 57.8 Å². The van der Waals surface area contributed by atoms with Gasteiger partial charge in [0.15, 0.2) is 0 Å². The first-order chi connectivity index (χ1) is 13.9. The predicted molar refractivity (Wildman–Crippen MR) is 116 cm³/mol. The standard InChI is InChI=1S/C20H27BCl2N2O5/c1-11(2)8-15(21-29-17(19(28)30-21)20(3,4)5)25-16(26)10-24-18(27)13-9-12(22)6-7-14(13)23/h6-7,9,11,15,17H,8,10H2,1-5H3,(H,24,27)(H,25,26)/t15-,17+/m0/s1. The summed E-state index contributed by atoms with van der Waals surface area (Å²) in [5.74, 6) is -1.73. The van der Waals surface area contributed by atoms with E-state index < -0.39 is 42.4 Å². The Hall–Kier alpha value is -1.77. The van der Waals surface area contributed by atoms with Gasteiger partial charge < -0.3 is 19.9 Å². The topological polar surface area (TPSA) is 93.7 Å². The molecule has 10 heteroatoms. The van der Waals surface area contributed by atoms with Crippen molar-refractivity contribution in [1.82, 2.24) is 10.6 Å². The molecule has 30 heavy (non-hydrogen) atoms. The third-order valence-corrected chi connectivity index (χ3v) is 5.05. The van der Waals surface area contributed by atoms with Crippen molar-refractivity contribution in [2.75, 3.05) is 6.54 Å². The van der Waals surface area contributed by atoms with Gasteiger partial charge in [-0.2, -0.15) is 0 Å². The number of nitrogens with one attached hydrogen (secondary N) is 2. The summed E-state index contributed by atoms with van der Waals surface area (Å²) in [6.45, 7) is 9.34. The van der Waals surface area contributed by atoms with Crippen molar-refractivity contribution in [3.05, 3.63) is 33.8 Å². The van der Waals surface area contributed by atoms with Gasteiger partial charge in [0.25, 0.3) is 5.91 Å². The number of carbonyl (C=O) groups excluding carboxylic acids is 3. The molecule has 2 N–H and O–H groups in total. The molecule has 1 heterocycles. The molecule has 2 amide bonds. The Labute approximate surface area is 187 Å². The monoisotopic (exact) mass is 456 g/mol. The zero-order chi connectivity index (χ0) is 22.6. The summed E-state index contributed by atoms with van der Waals surface area (Å²) >= 11 is 11.9. The number of benzene rings is 1. The lowest BCUT2D eigenvalue weighted by Crippen LogP contribution is -2.51. The van der Waals surface area contributed by atoms with Crippen molar-refractivity contribution >= 4 is 48.1 Å². The quantitative estimate of drug-likeness (QED) is 0.614. The zero-order valence-electron chi connectivity index (χ0n) is 17.8. The maximum atomic E-state index is 12.5. The Morgan fingerprint density at radius 2 is 1.90 bits per heavy atom. The number of rotatable bonds is 7. The summed E-state index contributed by atoms with van der Waals surface area (Å²) in [5, 5.41) is 5.91. The molecule has 0 aromatic heterocycles. The zero-order valence-corrected chi connectivity index (χ0v) is 19.3. The Morgan fingerprint density at radius 1 is 1.23 bits per heavy atom. The maximum absolute atomic E-state index is 12.5. The summed E-state index contributed by atoms with van der Waals surface area (Å²) in [6, 6.07) is 4.50. The van der Waals surface area contributed by atoms with E-state index in [0.717, 1.165) is 0 Å². The van der Waals surface area contributed by atoms with Crippen LogP contribution in [0.2, 0.25) is 10.0 Å². The average molecular weight is 457 g/mol. The Bertz CT molecular complexity index is 813. The molecular formula is C20H27BCl2N2O5. The molecule has 2 atom stereocenters. The second-order valence-corrected chi connectivity index (χ2v) is 9.64. The van der Waals surface area contributed by atoms with E-state index >= 15 is 0 Å². The molecule has 0 unspecified atom stereocenters. The van der Waals surface area contributed by atoms with Gasteiger partial charge in [0, 0.05) is 5.02 Å². The first kappa shape index (κ1) is 24.5. The average Bonchev–Trinajstić information content (AvgIpc) is 3.03. The van der Waals surface area contributed by atoms with Crippen LogP contribution in [0.1, 0.15) is 51.4 Å². The van der Waals surface area contributed by atoms with Crippen LogP contribution in [0.5, 0.6) is 0 Å². The highest BCUT2D eigenvalue weighted by Crippen LogP contribution is 2.30. The minimum absolute atomic E-state index is 0.178. The lowest BCUT2D eigenvalue weighted by atomic mass is 9.74. The largest absolute Gasteiger partial charge is 0.552 e. The van der Waals surface area contributed by atoms with E-state index in [1.54, 1.807) is 6.07 Å². The molecule has 1 aliphatic rings. The van der Waals surface area contributed by atoms with E-state index in [1.165, 1.54) is 12.1 Å². The van der Waals surface area contributed by atoms with Gasteiger partial charge in [0.2, 0.25) is 5.91 Å². The highest BCUT2D eigenvalue weighted by molar-refractivity contribution is 6.51. The van der Waals surface area contributed by atoms with E-state index in [4.69, 9.17) is 32.5 Å². The maximum Gasteiger partial charge on any atom is 0.552 e. The van der Waals surface area contributed by atoms with Crippen molar-refractivity contribution in [2.24, 2.45) is 11.3 Å². The summed E-state index contributed by atoms with van der Waals surface area (Å²) < 4.78 is 11.2. The van der Waals surface area contributed by atoms with Crippen LogP contribution < -0.4 is 10.6 Å². The molecular weight excluding hydrogens is 430 g/mol. The molecule has 0 spiro atoms. The van der Waals surface area contributed by atoms with E-state index in [-0.39, 0.29) is 23.0 Å². The fourth-order valence-corrected chi connectivity index (χ4v) is 3.43. The van der Waals surface area contributed by atoms with Crippen LogP contribution >= 0.6 is 23.2 Å². The first-order valence-corrected chi connectivity index (χ1v) is 10.5. The molecule has 0 aliphatic carbocycles. The molecule has 0 bridgehead atoms. The highest BCUT2D eigenvalue weighted by atomic mass is 35.5. The van der Waals surface area contributed by atoms with Crippen LogP contribution in [0.15, 0.2) is 18.2 Å². The fraction of sp³-hybridized carbons (Fsp3) is 0.550. The normalized spacial score (nSPS) is 17.7. The number of halogens is 2. The van der Waals surface area contributed by atoms with Crippen LogP contribution in [-0.4, -0.2) is 43.5 Å². The lowest BCUT2D eigenvalue weighted by molar-refractivity contribution is -0.139. The smallest absolute Gasteiger partial charge is 0.506 e. The molecule has 164 valence electrons. The van der Waals surface area contributed by atoms with Crippen LogP contribution in [0.25, 0.3) is 0 Å². The third-order valence-electron chi connectivity index (χ3n) is 4.49. The SMILES string of the molecule is CC(C)C[C@H](NC(=O)CNC(=O)c1cc(Cl)ccc1Cl)B1OC(=O)[C@H](C(C)(C)C)O1. The Morgan fingerprint density at radius 3 is 2.47 bits per heavy atom. The van der Waals surface area contributed by atoms with Gasteiger partial charge >= 0.3 is 13.1 Å². The lowest BCUT2D eigenvalue weighted by Gasteiger charge is -2.25. The van der Waals surface area contributed by atoms with Gasteiger partial charge in [-0.15, -0.1) is 0 Å². The molecule has 1 aromatic carbocycles. The highest BCUT2D eigenvalue weighted by Gasteiger charge is 2.50. The van der Waals surface area contributed by atoms with Crippen molar-refractivity contribution in [3.63, 3.8) is 0 Å². The summed E-state index contributed by atoms with van der Waals surface area (Å²) in [4.78, 5) is 37.0. The third kappa shape index (κ3) is 6.62. The molecule has 1 saturated heterocycles. The summed E-state index contributed by atoms with van der Waals surface area (Å²) in [5.41, 5.74) is -0.251. The van der Waals surface area contributed by atoms with Crippen LogP contribution in [0, 0.1) is 11.3 Å². The Kier molecular flexibility index (Phi) is 8.19. The molecule has 2 rings (SSSR count). The number of amides is 2. The summed E-state index contributed by atoms with van der Waals surface area (Å²) in [7, 11) is -0.883. The number of carbonyl (C=O) groups is 3. The van der Waals surface area contributed by atoms with E-state index in [0.29, 0.717) is 11.4 Å². The van der Waals surface area contributed by atoms with Crippen molar-refractivity contribution in [2.45, 2.75) is 53.1 Å². The van der Waals surface area contributed by atoms with Crippen molar-refractivity contribution in [1.29, 1.82) is 0 Å². The molecule has 1 aromatic rings. The fourth-order valence-electron chi connectivity index (χ4n) is 3.06. The van der Waals surface area contributed by atoms with Gasteiger partial charge in [0.05, 0.1) is 23.1 Å². The first-order valence-electron chi connectivity index (χ1n) is 9.77. The van der Waals surface area contributed by atoms with E-state index in [1.807, 2.05) is 34.6 Å². The van der Waals surface area contributed by atoms with Crippen molar-refractivity contribution < 1.29 is 23.7 Å². The minimum Gasteiger partial charge on any atom is -0.506 e.